The van der Waals surface area contributed by atoms with E-state index in [1.807, 2.05) is 0 Å². The van der Waals surface area contributed by atoms with Gasteiger partial charge in [-0.1, -0.05) is 19.3 Å². The Morgan fingerprint density at radius 1 is 1.00 bits per heavy atom. The molecule has 0 unspecified atom stereocenters. The Labute approximate surface area is 63.2 Å². The molecule has 1 aliphatic carbocycles. The Morgan fingerprint density at radius 3 is 2.40 bits per heavy atom. The molecular weight excluding hydrogens is 122 g/mol. The maximum absolute atomic E-state index is 3.42. The molecule has 1 saturated carbocycles. The van der Waals surface area contributed by atoms with Gasteiger partial charge in [0.1, 0.15) is 0 Å². The molecule has 1 atom stereocenters. The third-order valence-corrected chi connectivity index (χ3v) is 2.84. The Morgan fingerprint density at radius 2 is 1.80 bits per heavy atom. The molecule has 1 saturated heterocycles. The van der Waals surface area contributed by atoms with Crippen LogP contribution in [0.2, 0.25) is 0 Å². The van der Waals surface area contributed by atoms with Crippen LogP contribution in [0.1, 0.15) is 32.1 Å². The van der Waals surface area contributed by atoms with E-state index in [2.05, 4.69) is 5.32 Å². The van der Waals surface area contributed by atoms with E-state index < -0.39 is 0 Å². The average Bonchev–Trinajstić information content (AvgIpc) is 2.63. The first-order valence-electron chi connectivity index (χ1n) is 4.66. The summed E-state index contributed by atoms with van der Waals surface area (Å²) >= 11 is 0. The van der Waals surface area contributed by atoms with E-state index in [-0.39, 0.29) is 0 Å². The molecule has 1 N–H and O–H groups in total. The lowest BCUT2D eigenvalue weighted by atomic mass is 10.0. The molecule has 1 nitrogen and oxygen atoms in total. The minimum atomic E-state index is 1.03. The fourth-order valence-electron chi connectivity index (χ4n) is 1.84. The number of rotatable bonds is 3. The zero-order valence-electron chi connectivity index (χ0n) is 6.60. The van der Waals surface area contributed by atoms with Gasteiger partial charge in [-0.2, -0.15) is 0 Å². The fraction of sp³-hybridized carbons (Fsp3) is 1.00. The van der Waals surface area contributed by atoms with Crippen molar-refractivity contribution >= 4 is 0 Å². The van der Waals surface area contributed by atoms with E-state index in [4.69, 9.17) is 0 Å². The summed E-state index contributed by atoms with van der Waals surface area (Å²) in [6.07, 6.45) is 7.51. The highest BCUT2D eigenvalue weighted by atomic mass is 14.9. The predicted octanol–water partition coefficient (Wildman–Crippen LogP) is 1.79. The van der Waals surface area contributed by atoms with Crippen molar-refractivity contribution in [3.05, 3.63) is 0 Å². The summed E-state index contributed by atoms with van der Waals surface area (Å²) in [5.41, 5.74) is 0. The first kappa shape index (κ1) is 6.66. The van der Waals surface area contributed by atoms with Crippen molar-refractivity contribution in [1.82, 2.24) is 5.32 Å². The van der Waals surface area contributed by atoms with Crippen molar-refractivity contribution in [3.63, 3.8) is 0 Å². The summed E-state index contributed by atoms with van der Waals surface area (Å²) in [5, 5.41) is 3.42. The molecule has 2 fully saturated rings. The molecule has 0 aromatic heterocycles. The van der Waals surface area contributed by atoms with Crippen molar-refractivity contribution in [1.29, 1.82) is 0 Å². The van der Waals surface area contributed by atoms with E-state index in [0.29, 0.717) is 0 Å². The predicted molar refractivity (Wildman–Crippen MR) is 42.9 cm³/mol. The second kappa shape index (κ2) is 2.91. The quantitative estimate of drug-likeness (QED) is 0.628. The van der Waals surface area contributed by atoms with E-state index in [9.17, 15) is 0 Å². The van der Waals surface area contributed by atoms with Crippen LogP contribution < -0.4 is 5.32 Å². The maximum atomic E-state index is 3.42. The van der Waals surface area contributed by atoms with Crippen molar-refractivity contribution in [2.45, 2.75) is 32.1 Å². The van der Waals surface area contributed by atoms with Gasteiger partial charge >= 0.3 is 0 Å². The minimum Gasteiger partial charge on any atom is -0.316 e. The van der Waals surface area contributed by atoms with Crippen LogP contribution in [0.25, 0.3) is 0 Å². The molecule has 58 valence electrons. The normalized spacial score (nSPS) is 33.0. The second-order valence-electron chi connectivity index (χ2n) is 3.88. The zero-order chi connectivity index (χ0) is 6.81. The van der Waals surface area contributed by atoms with Gasteiger partial charge in [-0.05, 0) is 37.8 Å². The van der Waals surface area contributed by atoms with Crippen molar-refractivity contribution in [2.24, 2.45) is 11.8 Å². The summed E-state index contributed by atoms with van der Waals surface area (Å²) in [5.74, 6) is 2.17. The van der Waals surface area contributed by atoms with E-state index in [0.717, 1.165) is 11.8 Å². The van der Waals surface area contributed by atoms with Gasteiger partial charge in [-0.3, -0.25) is 0 Å². The monoisotopic (exact) mass is 139 g/mol. The first-order valence-corrected chi connectivity index (χ1v) is 4.66. The van der Waals surface area contributed by atoms with Gasteiger partial charge in [0.2, 0.25) is 0 Å². The van der Waals surface area contributed by atoms with Crippen LogP contribution in [0, 0.1) is 11.8 Å². The molecule has 2 rings (SSSR count). The second-order valence-corrected chi connectivity index (χ2v) is 3.88. The third-order valence-electron chi connectivity index (χ3n) is 2.84. The number of hydrogen-bond donors (Lipinski definition) is 1. The lowest BCUT2D eigenvalue weighted by Gasteiger charge is -2.05. The SMILES string of the molecule is C1C[C@@H](CCC2CC2)CN1. The van der Waals surface area contributed by atoms with E-state index in [1.165, 1.54) is 45.2 Å². The number of hydrogen-bond acceptors (Lipinski definition) is 1. The van der Waals surface area contributed by atoms with Gasteiger partial charge in [0.15, 0.2) is 0 Å². The van der Waals surface area contributed by atoms with Crippen LogP contribution in [0.3, 0.4) is 0 Å². The Balaban J connectivity index is 1.59. The highest BCUT2D eigenvalue weighted by Crippen LogP contribution is 2.35. The Hall–Kier alpha value is -0.0400. The van der Waals surface area contributed by atoms with Crippen molar-refractivity contribution in [2.75, 3.05) is 13.1 Å². The minimum absolute atomic E-state index is 1.03. The Kier molecular flexibility index (Phi) is 1.94. The van der Waals surface area contributed by atoms with Crippen LogP contribution >= 0.6 is 0 Å². The lowest BCUT2D eigenvalue weighted by Crippen LogP contribution is -2.08. The molecular formula is C9H17N. The molecule has 0 aromatic carbocycles. The van der Waals surface area contributed by atoms with Crippen LogP contribution in [-0.2, 0) is 0 Å². The molecule has 0 amide bonds. The van der Waals surface area contributed by atoms with Gasteiger partial charge < -0.3 is 5.32 Å². The van der Waals surface area contributed by atoms with Crippen molar-refractivity contribution in [3.8, 4) is 0 Å². The maximum Gasteiger partial charge on any atom is -0.00200 e. The highest BCUT2D eigenvalue weighted by Gasteiger charge is 2.23. The van der Waals surface area contributed by atoms with Crippen molar-refractivity contribution < 1.29 is 0 Å². The summed E-state index contributed by atoms with van der Waals surface area (Å²) in [6.45, 7) is 2.57. The summed E-state index contributed by atoms with van der Waals surface area (Å²) in [6, 6.07) is 0. The van der Waals surface area contributed by atoms with E-state index in [1.54, 1.807) is 0 Å². The van der Waals surface area contributed by atoms with Gasteiger partial charge in [0, 0.05) is 0 Å². The fourth-order valence-corrected chi connectivity index (χ4v) is 1.84. The molecule has 0 radical (unpaired) electrons. The number of nitrogens with one attached hydrogen (secondary N) is 1. The van der Waals surface area contributed by atoms with Gasteiger partial charge in [-0.15, -0.1) is 0 Å². The van der Waals surface area contributed by atoms with Crippen LogP contribution in [-0.4, -0.2) is 13.1 Å². The van der Waals surface area contributed by atoms with Crippen LogP contribution in [0.4, 0.5) is 0 Å². The van der Waals surface area contributed by atoms with Gasteiger partial charge in [0.25, 0.3) is 0 Å². The molecule has 1 aliphatic heterocycles. The molecule has 10 heavy (non-hydrogen) atoms. The summed E-state index contributed by atoms with van der Waals surface area (Å²) in [4.78, 5) is 0. The topological polar surface area (TPSA) is 12.0 Å². The molecule has 1 heteroatoms. The zero-order valence-corrected chi connectivity index (χ0v) is 6.60. The largest absolute Gasteiger partial charge is 0.316 e. The first-order chi connectivity index (χ1) is 4.95. The molecule has 0 spiro atoms. The highest BCUT2D eigenvalue weighted by molar-refractivity contribution is 4.77. The standard InChI is InChI=1S/C9H17N/c1-2-8(1)3-4-9-5-6-10-7-9/h8-10H,1-7H2/t9-/m1/s1. The summed E-state index contributed by atoms with van der Waals surface area (Å²) in [7, 11) is 0. The smallest absolute Gasteiger partial charge is 0.00200 e. The molecule has 0 aromatic rings. The van der Waals surface area contributed by atoms with Gasteiger partial charge in [-0.25, -0.2) is 0 Å². The molecule has 1 heterocycles. The molecule has 2 aliphatic rings. The lowest BCUT2D eigenvalue weighted by molar-refractivity contribution is 0.489. The molecule has 0 bridgehead atoms. The summed E-state index contributed by atoms with van der Waals surface area (Å²) < 4.78 is 0. The van der Waals surface area contributed by atoms with E-state index >= 15 is 0 Å². The van der Waals surface area contributed by atoms with Crippen LogP contribution in [0.15, 0.2) is 0 Å². The third kappa shape index (κ3) is 1.72. The van der Waals surface area contributed by atoms with Gasteiger partial charge in [0.05, 0.1) is 0 Å². The Bertz CT molecular complexity index is 101. The van der Waals surface area contributed by atoms with Crippen LogP contribution in [0.5, 0.6) is 0 Å². The average molecular weight is 139 g/mol.